The molecule has 0 atom stereocenters. The number of aromatic nitrogens is 1. The van der Waals surface area contributed by atoms with Crippen LogP contribution in [0.3, 0.4) is 0 Å². The Labute approximate surface area is 85.6 Å². The Kier molecular flexibility index (Phi) is 3.35. The Morgan fingerprint density at radius 1 is 1.29 bits per heavy atom. The average molecular weight is 203 g/mol. The van der Waals surface area contributed by atoms with Crippen molar-refractivity contribution in [2.75, 3.05) is 0 Å². The van der Waals surface area contributed by atoms with Crippen LogP contribution in [-0.4, -0.2) is 10.5 Å². The number of nitriles is 1. The van der Waals surface area contributed by atoms with Gasteiger partial charge in [0.25, 0.3) is 0 Å². The van der Waals surface area contributed by atoms with Crippen LogP contribution in [-0.2, 0) is 0 Å². The molecule has 4 heteroatoms. The highest BCUT2D eigenvalue weighted by Gasteiger charge is 1.98. The number of hydrogen-bond acceptors (Lipinski definition) is 3. The van der Waals surface area contributed by atoms with Crippen LogP contribution in [0.2, 0.25) is 0 Å². The third kappa shape index (κ3) is 1.96. The first-order valence-electron chi connectivity index (χ1n) is 3.72. The second kappa shape index (κ2) is 4.51. The van der Waals surface area contributed by atoms with E-state index < -0.39 is 0 Å². The van der Waals surface area contributed by atoms with Gasteiger partial charge in [-0.3, -0.25) is 0 Å². The summed E-state index contributed by atoms with van der Waals surface area (Å²) in [4.78, 5) is 4.94. The molecule has 3 nitrogen and oxygen atoms in total. The molecule has 1 aromatic carbocycles. The fraction of sp³-hybridized carbons (Fsp3) is 0. The SMILES string of the molecule is N#Cc1ccc(-c2cn[c]s2)cc1.O. The highest BCUT2D eigenvalue weighted by Crippen LogP contribution is 2.22. The zero-order chi connectivity index (χ0) is 9.10. The molecule has 0 amide bonds. The van der Waals surface area contributed by atoms with Gasteiger partial charge in [-0.15, -0.1) is 11.3 Å². The van der Waals surface area contributed by atoms with Crippen LogP contribution in [0.15, 0.2) is 30.5 Å². The lowest BCUT2D eigenvalue weighted by molar-refractivity contribution is 0.824. The maximum absolute atomic E-state index is 8.59. The van der Waals surface area contributed by atoms with Gasteiger partial charge in [0.05, 0.1) is 16.5 Å². The first kappa shape index (κ1) is 10.4. The Bertz CT molecular complexity index is 428. The van der Waals surface area contributed by atoms with Gasteiger partial charge in [-0.25, -0.2) is 4.98 Å². The maximum atomic E-state index is 8.59. The fourth-order valence-corrected chi connectivity index (χ4v) is 1.59. The summed E-state index contributed by atoms with van der Waals surface area (Å²) in [7, 11) is 0. The first-order chi connectivity index (χ1) is 6.40. The number of hydrogen-bond donors (Lipinski definition) is 0. The fourth-order valence-electron chi connectivity index (χ4n) is 1.03. The lowest BCUT2D eigenvalue weighted by atomic mass is 10.1. The highest BCUT2D eigenvalue weighted by molar-refractivity contribution is 7.12. The van der Waals surface area contributed by atoms with Gasteiger partial charge in [-0.05, 0) is 17.7 Å². The largest absolute Gasteiger partial charge is 0.412 e. The van der Waals surface area contributed by atoms with E-state index in [-0.39, 0.29) is 5.48 Å². The summed E-state index contributed by atoms with van der Waals surface area (Å²) in [6.07, 6.45) is 1.77. The molecule has 0 unspecified atom stereocenters. The molecule has 0 aliphatic rings. The number of benzene rings is 1. The van der Waals surface area contributed by atoms with Crippen molar-refractivity contribution < 1.29 is 5.48 Å². The van der Waals surface area contributed by atoms with Crippen molar-refractivity contribution in [3.05, 3.63) is 41.5 Å². The van der Waals surface area contributed by atoms with Gasteiger partial charge in [-0.2, -0.15) is 5.26 Å². The van der Waals surface area contributed by atoms with Crippen molar-refractivity contribution in [3.8, 4) is 16.5 Å². The van der Waals surface area contributed by atoms with E-state index in [9.17, 15) is 0 Å². The molecule has 0 aliphatic carbocycles. The molecule has 0 saturated carbocycles. The number of nitrogens with zero attached hydrogens (tertiary/aromatic N) is 2. The lowest BCUT2D eigenvalue weighted by Crippen LogP contribution is -1.74. The molecule has 0 bridgehead atoms. The van der Waals surface area contributed by atoms with Crippen LogP contribution in [0.1, 0.15) is 5.56 Å². The Morgan fingerprint density at radius 2 is 2.00 bits per heavy atom. The summed E-state index contributed by atoms with van der Waals surface area (Å²) in [5, 5.41) is 8.59. The van der Waals surface area contributed by atoms with Crippen molar-refractivity contribution in [3.63, 3.8) is 0 Å². The van der Waals surface area contributed by atoms with Gasteiger partial charge < -0.3 is 5.48 Å². The molecule has 2 rings (SSSR count). The van der Waals surface area contributed by atoms with E-state index >= 15 is 0 Å². The topological polar surface area (TPSA) is 68.2 Å². The van der Waals surface area contributed by atoms with Crippen LogP contribution in [0.4, 0.5) is 0 Å². The molecule has 2 aromatic rings. The van der Waals surface area contributed by atoms with Crippen LogP contribution in [0.5, 0.6) is 0 Å². The van der Waals surface area contributed by atoms with Crippen LogP contribution in [0.25, 0.3) is 10.4 Å². The predicted molar refractivity (Wildman–Crippen MR) is 54.7 cm³/mol. The van der Waals surface area contributed by atoms with Crippen molar-refractivity contribution in [2.24, 2.45) is 0 Å². The summed E-state index contributed by atoms with van der Waals surface area (Å²) in [5.41, 5.74) is 4.54. The zero-order valence-electron chi connectivity index (χ0n) is 7.19. The van der Waals surface area contributed by atoms with Gasteiger partial charge in [0.15, 0.2) is 5.51 Å². The summed E-state index contributed by atoms with van der Waals surface area (Å²) >= 11 is 1.47. The number of thiazole rings is 1. The van der Waals surface area contributed by atoms with Crippen molar-refractivity contribution in [1.82, 2.24) is 4.98 Å². The monoisotopic (exact) mass is 203 g/mol. The lowest BCUT2D eigenvalue weighted by Gasteiger charge is -1.94. The Morgan fingerprint density at radius 3 is 2.50 bits per heavy atom. The normalized spacial score (nSPS) is 8.79. The molecular weight excluding hydrogens is 196 g/mol. The van der Waals surface area contributed by atoms with E-state index in [2.05, 4.69) is 16.6 Å². The highest BCUT2D eigenvalue weighted by atomic mass is 32.1. The van der Waals surface area contributed by atoms with E-state index in [1.165, 1.54) is 11.3 Å². The molecule has 69 valence electrons. The van der Waals surface area contributed by atoms with Crippen molar-refractivity contribution in [2.45, 2.75) is 0 Å². The maximum Gasteiger partial charge on any atom is 0.152 e. The molecule has 1 heterocycles. The molecule has 14 heavy (non-hydrogen) atoms. The van der Waals surface area contributed by atoms with Gasteiger partial charge >= 0.3 is 0 Å². The summed E-state index contributed by atoms with van der Waals surface area (Å²) in [6.45, 7) is 0. The molecule has 1 radical (unpaired) electrons. The zero-order valence-corrected chi connectivity index (χ0v) is 8.01. The van der Waals surface area contributed by atoms with E-state index in [1.807, 2.05) is 12.1 Å². The molecule has 0 fully saturated rings. The third-order valence-corrected chi connectivity index (χ3v) is 2.45. The van der Waals surface area contributed by atoms with Gasteiger partial charge in [0, 0.05) is 6.20 Å². The molecular formula is C10H7N2OS. The van der Waals surface area contributed by atoms with Gasteiger partial charge in [0.2, 0.25) is 0 Å². The smallest absolute Gasteiger partial charge is 0.152 e. The molecule has 0 saturated heterocycles. The van der Waals surface area contributed by atoms with Crippen molar-refractivity contribution >= 4 is 11.3 Å². The molecule has 0 aliphatic heterocycles. The van der Waals surface area contributed by atoms with Crippen LogP contribution >= 0.6 is 11.3 Å². The molecule has 1 aromatic heterocycles. The van der Waals surface area contributed by atoms with Gasteiger partial charge in [0.1, 0.15) is 0 Å². The van der Waals surface area contributed by atoms with Crippen molar-refractivity contribution in [1.29, 1.82) is 5.26 Å². The summed E-state index contributed by atoms with van der Waals surface area (Å²) < 4.78 is 0. The van der Waals surface area contributed by atoms with Crippen LogP contribution < -0.4 is 0 Å². The second-order valence-electron chi connectivity index (χ2n) is 2.50. The molecule has 0 spiro atoms. The van der Waals surface area contributed by atoms with E-state index in [0.29, 0.717) is 5.56 Å². The quantitative estimate of drug-likeness (QED) is 0.707. The Balaban J connectivity index is 0.000000980. The summed E-state index contributed by atoms with van der Waals surface area (Å²) in [5.74, 6) is 0. The second-order valence-corrected chi connectivity index (χ2v) is 3.33. The number of rotatable bonds is 1. The van der Waals surface area contributed by atoms with E-state index in [1.54, 1.807) is 18.3 Å². The minimum atomic E-state index is 0. The van der Waals surface area contributed by atoms with Crippen LogP contribution in [0, 0.1) is 16.8 Å². The minimum Gasteiger partial charge on any atom is -0.412 e. The first-order valence-corrected chi connectivity index (χ1v) is 4.54. The molecule has 2 N–H and O–H groups in total. The minimum absolute atomic E-state index is 0. The third-order valence-electron chi connectivity index (χ3n) is 1.69. The average Bonchev–Trinajstić information content (AvgIpc) is 2.71. The summed E-state index contributed by atoms with van der Waals surface area (Å²) in [6, 6.07) is 9.51. The predicted octanol–water partition coefficient (Wildman–Crippen LogP) is 1.66. The van der Waals surface area contributed by atoms with E-state index in [4.69, 9.17) is 5.26 Å². The van der Waals surface area contributed by atoms with Gasteiger partial charge in [-0.1, -0.05) is 12.1 Å². The Hall–Kier alpha value is -1.70. The standard InChI is InChI=1S/C10H5N2S.H2O/c11-5-8-1-3-9(4-2-8)10-6-12-7-13-10;/h1-4,6H;1H2. The van der Waals surface area contributed by atoms with E-state index in [0.717, 1.165) is 10.4 Å².